The maximum atomic E-state index is 12.9. The van der Waals surface area contributed by atoms with E-state index in [1.807, 2.05) is 24.3 Å². The molecule has 0 unspecified atom stereocenters. The van der Waals surface area contributed by atoms with E-state index < -0.39 is 0 Å². The summed E-state index contributed by atoms with van der Waals surface area (Å²) in [5.41, 5.74) is 2.65. The van der Waals surface area contributed by atoms with Gasteiger partial charge in [0.05, 0.1) is 24.8 Å². The number of hydrogen-bond acceptors (Lipinski definition) is 6. The number of nitrogens with one attached hydrogen (secondary N) is 1. The van der Waals surface area contributed by atoms with Gasteiger partial charge in [0.15, 0.2) is 0 Å². The molecule has 1 heterocycles. The Kier molecular flexibility index (Phi) is 5.40. The van der Waals surface area contributed by atoms with E-state index in [9.17, 15) is 9.59 Å². The maximum absolute atomic E-state index is 12.9. The SMILES string of the molecule is CCOC(=O)CNc1ccc(OC)cc1-c1nc2ccccc2n(C)c1=O. The van der Waals surface area contributed by atoms with Gasteiger partial charge >= 0.3 is 5.97 Å². The van der Waals surface area contributed by atoms with Gasteiger partial charge in [-0.05, 0) is 37.3 Å². The number of aromatic nitrogens is 2. The summed E-state index contributed by atoms with van der Waals surface area (Å²) in [6.45, 7) is 2.04. The standard InChI is InChI=1S/C20H21N3O4/c1-4-27-18(24)12-21-15-10-9-13(26-3)11-14(15)19-20(25)23(2)17-8-6-5-7-16(17)22-19/h5-11,21H,4,12H2,1-3H3. The lowest BCUT2D eigenvalue weighted by atomic mass is 10.1. The summed E-state index contributed by atoms with van der Waals surface area (Å²) in [5, 5.41) is 3.02. The molecule has 7 nitrogen and oxygen atoms in total. The molecular formula is C20H21N3O4. The second-order valence-corrected chi connectivity index (χ2v) is 5.88. The number of methoxy groups -OCH3 is 1. The van der Waals surface area contributed by atoms with E-state index in [-0.39, 0.29) is 23.8 Å². The van der Waals surface area contributed by atoms with Crippen LogP contribution in [0.2, 0.25) is 0 Å². The number of benzene rings is 2. The van der Waals surface area contributed by atoms with E-state index in [0.29, 0.717) is 29.1 Å². The Labute approximate surface area is 156 Å². The molecule has 2 aromatic carbocycles. The molecule has 0 bridgehead atoms. The van der Waals surface area contributed by atoms with Crippen molar-refractivity contribution in [3.05, 3.63) is 52.8 Å². The number of rotatable bonds is 6. The van der Waals surface area contributed by atoms with Gasteiger partial charge < -0.3 is 19.4 Å². The number of esters is 1. The number of fused-ring (bicyclic) bond motifs is 1. The first kappa shape index (κ1) is 18.4. The van der Waals surface area contributed by atoms with Crippen LogP contribution in [0.15, 0.2) is 47.3 Å². The van der Waals surface area contributed by atoms with Crippen molar-refractivity contribution in [2.45, 2.75) is 6.92 Å². The minimum absolute atomic E-state index is 0.0128. The summed E-state index contributed by atoms with van der Waals surface area (Å²) in [4.78, 5) is 29.2. The van der Waals surface area contributed by atoms with Gasteiger partial charge in [0.25, 0.3) is 5.56 Å². The van der Waals surface area contributed by atoms with Crippen molar-refractivity contribution in [1.82, 2.24) is 9.55 Å². The fourth-order valence-corrected chi connectivity index (χ4v) is 2.83. The number of aryl methyl sites for hydroxylation is 1. The fourth-order valence-electron chi connectivity index (χ4n) is 2.83. The van der Waals surface area contributed by atoms with Crippen molar-refractivity contribution in [3.8, 4) is 17.0 Å². The molecule has 0 fully saturated rings. The molecule has 0 aliphatic carbocycles. The van der Waals surface area contributed by atoms with Crippen LogP contribution in [0.5, 0.6) is 5.75 Å². The third-order valence-corrected chi connectivity index (χ3v) is 4.19. The molecule has 0 aliphatic heterocycles. The lowest BCUT2D eigenvalue weighted by Crippen LogP contribution is -2.22. The molecule has 1 aromatic heterocycles. The molecule has 0 amide bonds. The van der Waals surface area contributed by atoms with Gasteiger partial charge in [0.1, 0.15) is 18.0 Å². The highest BCUT2D eigenvalue weighted by Gasteiger charge is 2.16. The normalized spacial score (nSPS) is 10.6. The molecule has 0 atom stereocenters. The lowest BCUT2D eigenvalue weighted by molar-refractivity contribution is -0.140. The maximum Gasteiger partial charge on any atom is 0.325 e. The molecule has 0 spiro atoms. The predicted octanol–water partition coefficient (Wildman–Crippen LogP) is 2.58. The Hall–Kier alpha value is -3.35. The molecular weight excluding hydrogens is 346 g/mol. The third kappa shape index (κ3) is 3.76. The highest BCUT2D eigenvalue weighted by atomic mass is 16.5. The van der Waals surface area contributed by atoms with Crippen LogP contribution >= 0.6 is 0 Å². The third-order valence-electron chi connectivity index (χ3n) is 4.19. The minimum Gasteiger partial charge on any atom is -0.497 e. The Morgan fingerprint density at radius 3 is 2.74 bits per heavy atom. The Bertz CT molecular complexity index is 1040. The summed E-state index contributed by atoms with van der Waals surface area (Å²) in [6, 6.07) is 12.7. The van der Waals surface area contributed by atoms with Crippen LogP contribution in [0, 0.1) is 0 Å². The van der Waals surface area contributed by atoms with Crippen LogP contribution in [0.1, 0.15) is 6.92 Å². The number of nitrogens with zero attached hydrogens (tertiary/aromatic N) is 2. The first-order valence-electron chi connectivity index (χ1n) is 8.58. The average molecular weight is 367 g/mol. The number of hydrogen-bond donors (Lipinski definition) is 1. The largest absolute Gasteiger partial charge is 0.497 e. The van der Waals surface area contributed by atoms with Crippen LogP contribution in [-0.4, -0.2) is 35.8 Å². The van der Waals surface area contributed by atoms with Crippen LogP contribution in [0.3, 0.4) is 0 Å². The summed E-state index contributed by atoms with van der Waals surface area (Å²) in [7, 11) is 3.26. The average Bonchev–Trinajstić information content (AvgIpc) is 2.69. The zero-order valence-electron chi connectivity index (χ0n) is 15.5. The lowest BCUT2D eigenvalue weighted by Gasteiger charge is -2.14. The summed E-state index contributed by atoms with van der Waals surface area (Å²) >= 11 is 0. The van der Waals surface area contributed by atoms with Crippen LogP contribution in [0.25, 0.3) is 22.3 Å². The second kappa shape index (κ2) is 7.90. The zero-order chi connectivity index (χ0) is 19.4. The number of ether oxygens (including phenoxy) is 2. The van der Waals surface area contributed by atoms with Gasteiger partial charge in [0, 0.05) is 18.3 Å². The number of carbonyl (C=O) groups excluding carboxylic acids is 1. The second-order valence-electron chi connectivity index (χ2n) is 5.88. The van der Waals surface area contributed by atoms with Crippen LogP contribution < -0.4 is 15.6 Å². The first-order valence-corrected chi connectivity index (χ1v) is 8.58. The molecule has 0 aliphatic rings. The molecule has 27 heavy (non-hydrogen) atoms. The van der Waals surface area contributed by atoms with E-state index in [2.05, 4.69) is 10.3 Å². The summed E-state index contributed by atoms with van der Waals surface area (Å²) in [6.07, 6.45) is 0. The Morgan fingerprint density at radius 2 is 2.00 bits per heavy atom. The van der Waals surface area contributed by atoms with Gasteiger partial charge in [0.2, 0.25) is 0 Å². The van der Waals surface area contributed by atoms with Gasteiger partial charge in [-0.3, -0.25) is 9.59 Å². The topological polar surface area (TPSA) is 82.4 Å². The highest BCUT2D eigenvalue weighted by Crippen LogP contribution is 2.29. The molecule has 140 valence electrons. The Balaban J connectivity index is 2.12. The van der Waals surface area contributed by atoms with Crippen molar-refractivity contribution >= 4 is 22.7 Å². The fraction of sp³-hybridized carbons (Fsp3) is 0.250. The van der Waals surface area contributed by atoms with Gasteiger partial charge in [-0.15, -0.1) is 0 Å². The predicted molar refractivity (Wildman–Crippen MR) is 104 cm³/mol. The van der Waals surface area contributed by atoms with Gasteiger partial charge in [-0.1, -0.05) is 12.1 Å². The van der Waals surface area contributed by atoms with Gasteiger partial charge in [-0.25, -0.2) is 4.98 Å². The van der Waals surface area contributed by atoms with Crippen LogP contribution in [-0.2, 0) is 16.6 Å². The monoisotopic (exact) mass is 367 g/mol. The smallest absolute Gasteiger partial charge is 0.325 e. The molecule has 3 rings (SSSR count). The van der Waals surface area contributed by atoms with E-state index in [4.69, 9.17) is 9.47 Å². The van der Waals surface area contributed by atoms with Crippen molar-refractivity contribution in [2.24, 2.45) is 7.05 Å². The zero-order valence-corrected chi connectivity index (χ0v) is 15.5. The Morgan fingerprint density at radius 1 is 1.22 bits per heavy atom. The number of anilines is 1. The van der Waals surface area contributed by atoms with Crippen molar-refractivity contribution in [2.75, 3.05) is 25.6 Å². The molecule has 3 aromatic rings. The van der Waals surface area contributed by atoms with Crippen molar-refractivity contribution < 1.29 is 14.3 Å². The quantitative estimate of drug-likeness (QED) is 0.675. The van der Waals surface area contributed by atoms with Crippen LogP contribution in [0.4, 0.5) is 5.69 Å². The molecule has 1 N–H and O–H groups in total. The molecule has 0 saturated carbocycles. The van der Waals surface area contributed by atoms with Gasteiger partial charge in [-0.2, -0.15) is 0 Å². The summed E-state index contributed by atoms with van der Waals surface area (Å²) in [5.74, 6) is 0.210. The van der Waals surface area contributed by atoms with E-state index in [1.54, 1.807) is 43.8 Å². The number of carbonyl (C=O) groups is 1. The van der Waals surface area contributed by atoms with E-state index in [0.717, 1.165) is 5.52 Å². The van der Waals surface area contributed by atoms with Crippen molar-refractivity contribution in [1.29, 1.82) is 0 Å². The molecule has 0 saturated heterocycles. The summed E-state index contributed by atoms with van der Waals surface area (Å²) < 4.78 is 11.8. The minimum atomic E-state index is -0.376. The molecule has 7 heteroatoms. The van der Waals surface area contributed by atoms with Crippen molar-refractivity contribution in [3.63, 3.8) is 0 Å². The van der Waals surface area contributed by atoms with E-state index >= 15 is 0 Å². The van der Waals surface area contributed by atoms with E-state index in [1.165, 1.54) is 0 Å². The molecule has 0 radical (unpaired) electrons. The first-order chi connectivity index (χ1) is 13.0. The number of para-hydroxylation sites is 2. The highest BCUT2D eigenvalue weighted by molar-refractivity contribution is 5.84.